The largest absolute Gasteiger partial charge is 0.597 e. The molecule has 1 unspecified atom stereocenters. The second kappa shape index (κ2) is 7.51. The van der Waals surface area contributed by atoms with Crippen molar-refractivity contribution in [2.24, 2.45) is 5.92 Å². The molecule has 0 radical (unpaired) electrons. The maximum atomic E-state index is 13.3. The van der Waals surface area contributed by atoms with Crippen molar-refractivity contribution >= 4 is 11.4 Å². The van der Waals surface area contributed by atoms with Crippen molar-refractivity contribution in [3.63, 3.8) is 0 Å². The minimum absolute atomic E-state index is 0.150. The van der Waals surface area contributed by atoms with Gasteiger partial charge in [0.25, 0.3) is 0 Å². The molecular formula is C20H29NO2S. The molecule has 132 valence electrons. The lowest BCUT2D eigenvalue weighted by atomic mass is 9.99. The lowest BCUT2D eigenvalue weighted by Gasteiger charge is -2.40. The summed E-state index contributed by atoms with van der Waals surface area (Å²) in [6.07, 6.45) is 8.59. The van der Waals surface area contributed by atoms with Gasteiger partial charge in [-0.25, -0.2) is 0 Å². The highest BCUT2D eigenvalue weighted by Crippen LogP contribution is 2.42. The summed E-state index contributed by atoms with van der Waals surface area (Å²) in [7, 11) is 0. The average Bonchev–Trinajstić information content (AvgIpc) is 3.39. The van der Waals surface area contributed by atoms with E-state index in [1.807, 2.05) is 12.3 Å². The summed E-state index contributed by atoms with van der Waals surface area (Å²) in [5.74, 6) is 0.608. The molecule has 1 aromatic carbocycles. The molecule has 0 aromatic heterocycles. The lowest BCUT2D eigenvalue weighted by Crippen LogP contribution is -2.53. The van der Waals surface area contributed by atoms with Crippen LogP contribution >= 0.6 is 0 Å². The van der Waals surface area contributed by atoms with Crippen molar-refractivity contribution < 1.29 is 9.29 Å². The van der Waals surface area contributed by atoms with Gasteiger partial charge in [0.05, 0.1) is 18.8 Å². The fraction of sp³-hybridized carbons (Fsp3) is 0.600. The predicted molar refractivity (Wildman–Crippen MR) is 99.6 cm³/mol. The molecule has 0 spiro atoms. The summed E-state index contributed by atoms with van der Waals surface area (Å²) in [5, 5.41) is 0. The van der Waals surface area contributed by atoms with Crippen LogP contribution in [0.2, 0.25) is 0 Å². The SMILES string of the molecule is CC(C)(C)[S@@+]([O-])N(Cc1ccccc1)C(C1CC1)[C@@H]1CCC=CO1. The maximum absolute atomic E-state index is 13.3. The molecule has 3 nitrogen and oxygen atoms in total. The van der Waals surface area contributed by atoms with Crippen LogP contribution in [0.5, 0.6) is 0 Å². The quantitative estimate of drug-likeness (QED) is 0.715. The topological polar surface area (TPSA) is 35.5 Å². The fourth-order valence-corrected chi connectivity index (χ4v) is 4.85. The van der Waals surface area contributed by atoms with Crippen molar-refractivity contribution in [2.45, 2.75) is 69.9 Å². The van der Waals surface area contributed by atoms with Crippen LogP contribution in [0.1, 0.15) is 52.0 Å². The highest BCUT2D eigenvalue weighted by molar-refractivity contribution is 7.90. The van der Waals surface area contributed by atoms with Crippen molar-refractivity contribution in [3.8, 4) is 0 Å². The first-order valence-corrected chi connectivity index (χ1v) is 10.1. The van der Waals surface area contributed by atoms with Gasteiger partial charge in [0.1, 0.15) is 10.9 Å². The van der Waals surface area contributed by atoms with E-state index in [2.05, 4.69) is 55.4 Å². The maximum Gasteiger partial charge on any atom is 0.137 e. The second-order valence-corrected chi connectivity index (χ2v) is 10.1. The highest BCUT2D eigenvalue weighted by atomic mass is 32.2. The zero-order valence-corrected chi connectivity index (χ0v) is 15.8. The van der Waals surface area contributed by atoms with Gasteiger partial charge in [-0.05, 0) is 64.0 Å². The van der Waals surface area contributed by atoms with Crippen LogP contribution in [-0.2, 0) is 22.6 Å². The van der Waals surface area contributed by atoms with E-state index < -0.39 is 11.4 Å². The first-order chi connectivity index (χ1) is 11.5. The molecular weight excluding hydrogens is 318 g/mol. The predicted octanol–water partition coefficient (Wildman–Crippen LogP) is 4.42. The average molecular weight is 348 g/mol. The Bertz CT molecular complexity index is 551. The summed E-state index contributed by atoms with van der Waals surface area (Å²) in [4.78, 5) is 0. The number of benzene rings is 1. The summed E-state index contributed by atoms with van der Waals surface area (Å²) < 4.78 is 21.3. The molecule has 0 saturated heterocycles. The third-order valence-corrected chi connectivity index (χ3v) is 6.55. The first kappa shape index (κ1) is 17.8. The van der Waals surface area contributed by atoms with Gasteiger partial charge in [0, 0.05) is 11.4 Å². The third-order valence-electron chi connectivity index (χ3n) is 4.70. The minimum Gasteiger partial charge on any atom is -0.597 e. The van der Waals surface area contributed by atoms with E-state index in [4.69, 9.17) is 4.74 Å². The summed E-state index contributed by atoms with van der Waals surface area (Å²) in [6, 6.07) is 10.6. The molecule has 1 aromatic rings. The normalized spacial score (nSPS) is 23.8. The Morgan fingerprint density at radius 1 is 1.21 bits per heavy atom. The lowest BCUT2D eigenvalue weighted by molar-refractivity contribution is 0.0437. The Morgan fingerprint density at radius 2 is 1.92 bits per heavy atom. The van der Waals surface area contributed by atoms with E-state index in [1.54, 1.807) is 0 Å². The van der Waals surface area contributed by atoms with Crippen molar-refractivity contribution in [1.29, 1.82) is 0 Å². The first-order valence-electron chi connectivity index (χ1n) is 9.00. The zero-order valence-electron chi connectivity index (χ0n) is 15.0. The van der Waals surface area contributed by atoms with E-state index in [-0.39, 0.29) is 16.9 Å². The minimum atomic E-state index is -1.06. The number of ether oxygens (including phenoxy) is 1. The number of nitrogens with zero attached hydrogens (tertiary/aromatic N) is 1. The molecule has 0 bridgehead atoms. The number of allylic oxidation sites excluding steroid dienone is 1. The van der Waals surface area contributed by atoms with Crippen LogP contribution in [0.4, 0.5) is 0 Å². The number of hydrogen-bond donors (Lipinski definition) is 0. The molecule has 1 saturated carbocycles. The van der Waals surface area contributed by atoms with Crippen molar-refractivity contribution in [2.75, 3.05) is 0 Å². The second-order valence-electron chi connectivity index (χ2n) is 7.87. The van der Waals surface area contributed by atoms with Crippen LogP contribution in [0.3, 0.4) is 0 Å². The van der Waals surface area contributed by atoms with E-state index in [0.29, 0.717) is 5.92 Å². The molecule has 1 heterocycles. The summed E-state index contributed by atoms with van der Waals surface area (Å²) in [6.45, 7) is 6.90. The van der Waals surface area contributed by atoms with Crippen LogP contribution in [0.25, 0.3) is 0 Å². The van der Waals surface area contributed by atoms with Crippen LogP contribution in [-0.4, -0.2) is 25.8 Å². The zero-order chi connectivity index (χ0) is 17.2. The highest BCUT2D eigenvalue weighted by Gasteiger charge is 2.48. The monoisotopic (exact) mass is 347 g/mol. The molecule has 3 rings (SSSR count). The summed E-state index contributed by atoms with van der Waals surface area (Å²) >= 11 is -1.06. The molecule has 4 heteroatoms. The van der Waals surface area contributed by atoms with Crippen molar-refractivity contribution in [3.05, 3.63) is 48.2 Å². The van der Waals surface area contributed by atoms with Gasteiger partial charge in [0.15, 0.2) is 0 Å². The van der Waals surface area contributed by atoms with Crippen LogP contribution in [0.15, 0.2) is 42.7 Å². The summed E-state index contributed by atoms with van der Waals surface area (Å²) in [5.41, 5.74) is 1.21. The Hall–Kier alpha value is -0.970. The van der Waals surface area contributed by atoms with Gasteiger partial charge in [-0.2, -0.15) is 0 Å². The molecule has 1 aliphatic carbocycles. The van der Waals surface area contributed by atoms with E-state index in [0.717, 1.165) is 19.4 Å². The Kier molecular flexibility index (Phi) is 5.58. The standard InChI is InChI=1S/C20H29NO2S/c1-20(2,3)24(22)21(15-16-9-5-4-6-10-16)19(17-12-13-17)18-11-7-8-14-23-18/h4-6,8-10,14,17-19H,7,11-13,15H2,1-3H3/t18-,19?,24+/m0/s1. The van der Waals surface area contributed by atoms with Gasteiger partial charge in [0.2, 0.25) is 0 Å². The van der Waals surface area contributed by atoms with Crippen LogP contribution in [0, 0.1) is 5.92 Å². The van der Waals surface area contributed by atoms with E-state index in [1.165, 1.54) is 18.4 Å². The van der Waals surface area contributed by atoms with E-state index >= 15 is 0 Å². The molecule has 1 fully saturated rings. The third kappa shape index (κ3) is 4.35. The Morgan fingerprint density at radius 3 is 2.46 bits per heavy atom. The van der Waals surface area contributed by atoms with Crippen molar-refractivity contribution in [1.82, 2.24) is 4.31 Å². The molecule has 3 atom stereocenters. The van der Waals surface area contributed by atoms with Crippen LogP contribution < -0.4 is 0 Å². The molecule has 0 amide bonds. The van der Waals surface area contributed by atoms with Gasteiger partial charge in [-0.15, -0.1) is 4.31 Å². The fourth-order valence-electron chi connectivity index (χ4n) is 3.36. The van der Waals surface area contributed by atoms with Gasteiger partial charge in [-0.3, -0.25) is 0 Å². The van der Waals surface area contributed by atoms with E-state index in [9.17, 15) is 4.55 Å². The molecule has 24 heavy (non-hydrogen) atoms. The molecule has 2 aliphatic rings. The van der Waals surface area contributed by atoms with Gasteiger partial charge < -0.3 is 9.29 Å². The number of rotatable bonds is 6. The van der Waals surface area contributed by atoms with Gasteiger partial charge in [-0.1, -0.05) is 30.3 Å². The smallest absolute Gasteiger partial charge is 0.137 e. The Balaban J connectivity index is 1.87. The number of hydrogen-bond acceptors (Lipinski definition) is 3. The molecule has 1 aliphatic heterocycles. The van der Waals surface area contributed by atoms with Gasteiger partial charge >= 0.3 is 0 Å². The Labute approximate surface area is 149 Å². The molecule has 0 N–H and O–H groups in total.